The van der Waals surface area contributed by atoms with Crippen molar-refractivity contribution >= 4 is 37.6 Å². The van der Waals surface area contributed by atoms with Gasteiger partial charge in [0.15, 0.2) is 19.7 Å². The summed E-state index contributed by atoms with van der Waals surface area (Å²) < 4.78 is 61.9. The molecule has 0 unspecified atom stereocenters. The third-order valence-corrected chi connectivity index (χ3v) is 6.56. The molecule has 0 saturated carbocycles. The van der Waals surface area contributed by atoms with Crippen LogP contribution in [0.1, 0.15) is 27.6 Å². The van der Waals surface area contributed by atoms with Crippen molar-refractivity contribution in [2.24, 2.45) is 0 Å². The maximum Gasteiger partial charge on any atom is 0.338 e. The highest BCUT2D eigenvalue weighted by molar-refractivity contribution is 7.95. The van der Waals surface area contributed by atoms with Crippen LogP contribution in [0, 0.1) is 0 Å². The van der Waals surface area contributed by atoms with Crippen molar-refractivity contribution in [3.63, 3.8) is 0 Å². The monoisotopic (exact) mass is 500 g/mol. The second-order valence-corrected chi connectivity index (χ2v) is 10.6. The summed E-state index contributed by atoms with van der Waals surface area (Å²) in [6.45, 7) is 10.8. The minimum Gasteiger partial charge on any atom is -0.459 e. The van der Waals surface area contributed by atoms with Crippen LogP contribution in [0.15, 0.2) is 60.4 Å². The van der Waals surface area contributed by atoms with Gasteiger partial charge in [-0.15, -0.1) is 0 Å². The standard InChI is InChI=1S/C21H24O10S2/c1-5-32(25,26)13-18(14-33(27,28)6-2)31-21(24)17-9-7-16(8-10-17)20(23)30-12-11-29-19(22)15(3)4/h5-10,18H,1-3,11-14H2,4H3. The van der Waals surface area contributed by atoms with Gasteiger partial charge in [-0.05, 0) is 31.2 Å². The summed E-state index contributed by atoms with van der Waals surface area (Å²) in [5, 5.41) is 1.27. The maximum absolute atomic E-state index is 12.4. The highest BCUT2D eigenvalue weighted by atomic mass is 32.2. The molecule has 10 nitrogen and oxygen atoms in total. The third kappa shape index (κ3) is 9.83. The van der Waals surface area contributed by atoms with E-state index in [1.54, 1.807) is 0 Å². The molecule has 1 aromatic carbocycles. The number of hydrogen-bond acceptors (Lipinski definition) is 10. The number of benzene rings is 1. The molecule has 1 aromatic rings. The van der Waals surface area contributed by atoms with Crippen LogP contribution in [-0.4, -0.2) is 65.6 Å². The minimum absolute atomic E-state index is 0.0565. The second kappa shape index (κ2) is 12.1. The summed E-state index contributed by atoms with van der Waals surface area (Å²) in [6.07, 6.45) is -1.50. The molecule has 1 rings (SSSR count). The van der Waals surface area contributed by atoms with Crippen LogP contribution in [0.2, 0.25) is 0 Å². The first kappa shape index (κ1) is 27.8. The third-order valence-electron chi connectivity index (χ3n) is 3.87. The predicted molar refractivity (Wildman–Crippen MR) is 120 cm³/mol. The Labute approximate surface area is 192 Å². The van der Waals surface area contributed by atoms with Crippen LogP contribution >= 0.6 is 0 Å². The summed E-state index contributed by atoms with van der Waals surface area (Å²) in [6, 6.07) is 4.96. The van der Waals surface area contributed by atoms with E-state index in [0.717, 1.165) is 0 Å². The van der Waals surface area contributed by atoms with E-state index in [2.05, 4.69) is 19.7 Å². The number of carbonyl (C=O) groups excluding carboxylic acids is 3. The molecule has 33 heavy (non-hydrogen) atoms. The Morgan fingerprint density at radius 1 is 0.848 bits per heavy atom. The van der Waals surface area contributed by atoms with Gasteiger partial charge in [0.05, 0.1) is 22.6 Å². The molecule has 0 amide bonds. The van der Waals surface area contributed by atoms with E-state index >= 15 is 0 Å². The highest BCUT2D eigenvalue weighted by Crippen LogP contribution is 2.12. The van der Waals surface area contributed by atoms with Crippen LogP contribution in [-0.2, 0) is 38.7 Å². The zero-order chi connectivity index (χ0) is 25.2. The Kier molecular flexibility index (Phi) is 10.2. The lowest BCUT2D eigenvalue weighted by Crippen LogP contribution is -2.32. The quantitative estimate of drug-likeness (QED) is 0.169. The van der Waals surface area contributed by atoms with E-state index in [1.165, 1.54) is 31.2 Å². The molecule has 12 heteroatoms. The minimum atomic E-state index is -3.88. The Morgan fingerprint density at radius 2 is 1.27 bits per heavy atom. The van der Waals surface area contributed by atoms with Crippen molar-refractivity contribution in [3.8, 4) is 0 Å². The van der Waals surface area contributed by atoms with Gasteiger partial charge in [-0.1, -0.05) is 19.7 Å². The molecule has 0 heterocycles. The molecule has 0 atom stereocenters. The number of hydrogen-bond donors (Lipinski definition) is 0. The summed E-state index contributed by atoms with van der Waals surface area (Å²) in [7, 11) is -7.75. The molecule has 0 N–H and O–H groups in total. The van der Waals surface area contributed by atoms with Crippen LogP contribution in [0.4, 0.5) is 0 Å². The molecule has 0 radical (unpaired) electrons. The van der Waals surface area contributed by atoms with Gasteiger partial charge in [0.1, 0.15) is 19.3 Å². The molecule has 0 saturated heterocycles. The molecule has 0 fully saturated rings. The first-order valence-corrected chi connectivity index (χ1v) is 12.7. The smallest absolute Gasteiger partial charge is 0.338 e. The first-order chi connectivity index (χ1) is 15.3. The van der Waals surface area contributed by atoms with E-state index < -0.39 is 55.2 Å². The van der Waals surface area contributed by atoms with E-state index in [1.807, 2.05) is 0 Å². The molecule has 0 spiro atoms. The van der Waals surface area contributed by atoms with Crippen LogP contribution in [0.5, 0.6) is 0 Å². The largest absolute Gasteiger partial charge is 0.459 e. The Balaban J connectivity index is 2.80. The topological polar surface area (TPSA) is 147 Å². The second-order valence-electron chi connectivity index (χ2n) is 6.65. The molecular formula is C21H24O10S2. The highest BCUT2D eigenvalue weighted by Gasteiger charge is 2.26. The fourth-order valence-corrected chi connectivity index (χ4v) is 4.04. The molecule has 0 aliphatic rings. The fourth-order valence-electron chi connectivity index (χ4n) is 2.21. The van der Waals surface area contributed by atoms with E-state index in [0.29, 0.717) is 10.8 Å². The molecule has 0 aliphatic heterocycles. The SMILES string of the molecule is C=CS(=O)(=O)CC(CS(=O)(=O)C=C)OC(=O)c1ccc(C(=O)OCCOC(=O)C(=C)C)cc1. The fraction of sp³-hybridized carbons (Fsp3) is 0.286. The molecular weight excluding hydrogens is 476 g/mol. The van der Waals surface area contributed by atoms with Gasteiger partial charge in [0.25, 0.3) is 0 Å². The van der Waals surface area contributed by atoms with Crippen LogP contribution in [0.3, 0.4) is 0 Å². The molecule has 180 valence electrons. The zero-order valence-corrected chi connectivity index (χ0v) is 19.5. The van der Waals surface area contributed by atoms with Gasteiger partial charge in [0.2, 0.25) is 0 Å². The van der Waals surface area contributed by atoms with E-state index in [9.17, 15) is 31.2 Å². The molecule has 0 aromatic heterocycles. The lowest BCUT2D eigenvalue weighted by atomic mass is 10.1. The zero-order valence-electron chi connectivity index (χ0n) is 17.9. The number of sulfone groups is 2. The van der Waals surface area contributed by atoms with Crippen molar-refractivity contribution in [2.45, 2.75) is 13.0 Å². The summed E-state index contributed by atoms with van der Waals surface area (Å²) >= 11 is 0. The predicted octanol–water partition coefficient (Wildman–Crippen LogP) is 1.60. The Hall–Kier alpha value is -3.25. The normalized spacial score (nSPS) is 11.3. The number of rotatable bonds is 13. The van der Waals surface area contributed by atoms with Crippen molar-refractivity contribution in [3.05, 3.63) is 71.5 Å². The first-order valence-electron chi connectivity index (χ1n) is 9.31. The van der Waals surface area contributed by atoms with Crippen molar-refractivity contribution < 1.29 is 45.4 Å². The summed E-state index contributed by atoms with van der Waals surface area (Å²) in [5.41, 5.74) is 0.229. The van der Waals surface area contributed by atoms with Gasteiger partial charge < -0.3 is 14.2 Å². The van der Waals surface area contributed by atoms with Gasteiger partial charge in [0, 0.05) is 16.4 Å². The van der Waals surface area contributed by atoms with Crippen molar-refractivity contribution in [2.75, 3.05) is 24.7 Å². The van der Waals surface area contributed by atoms with E-state index in [-0.39, 0.29) is 29.9 Å². The van der Waals surface area contributed by atoms with Crippen LogP contribution < -0.4 is 0 Å². The van der Waals surface area contributed by atoms with Gasteiger partial charge in [-0.25, -0.2) is 31.2 Å². The molecule has 0 bridgehead atoms. The number of ether oxygens (including phenoxy) is 3. The van der Waals surface area contributed by atoms with Crippen molar-refractivity contribution in [1.29, 1.82) is 0 Å². The van der Waals surface area contributed by atoms with E-state index in [4.69, 9.17) is 14.2 Å². The van der Waals surface area contributed by atoms with Gasteiger partial charge in [-0.2, -0.15) is 0 Å². The lowest BCUT2D eigenvalue weighted by molar-refractivity contribution is -0.140. The Bertz CT molecular complexity index is 1090. The van der Waals surface area contributed by atoms with Crippen LogP contribution in [0.25, 0.3) is 0 Å². The lowest BCUT2D eigenvalue weighted by Gasteiger charge is -2.16. The average Bonchev–Trinajstić information content (AvgIpc) is 2.75. The average molecular weight is 501 g/mol. The number of carbonyl (C=O) groups is 3. The summed E-state index contributed by atoms with van der Waals surface area (Å²) in [4.78, 5) is 35.6. The number of esters is 3. The summed E-state index contributed by atoms with van der Waals surface area (Å²) in [5.74, 6) is -3.92. The van der Waals surface area contributed by atoms with Gasteiger partial charge >= 0.3 is 17.9 Å². The Morgan fingerprint density at radius 3 is 1.70 bits per heavy atom. The maximum atomic E-state index is 12.4. The van der Waals surface area contributed by atoms with Gasteiger partial charge in [-0.3, -0.25) is 0 Å². The van der Waals surface area contributed by atoms with Crippen molar-refractivity contribution in [1.82, 2.24) is 0 Å². The molecule has 0 aliphatic carbocycles.